The van der Waals surface area contributed by atoms with Crippen LogP contribution in [0.4, 0.5) is 0 Å². The fraction of sp³-hybridized carbons (Fsp3) is 0.913. The number of unbranched alkanes of at least 4 members (excludes halogenated alkanes) is 8. The van der Waals surface area contributed by atoms with Crippen molar-refractivity contribution in [3.05, 3.63) is 11.7 Å². The van der Waals surface area contributed by atoms with E-state index in [1.165, 1.54) is 38.5 Å². The van der Waals surface area contributed by atoms with Gasteiger partial charge in [0.05, 0.1) is 19.8 Å². The summed E-state index contributed by atoms with van der Waals surface area (Å²) in [7, 11) is 0. The molecule has 0 bridgehead atoms. The highest BCUT2D eigenvalue weighted by Crippen LogP contribution is 2.17. The fourth-order valence-electron chi connectivity index (χ4n) is 2.63. The summed E-state index contributed by atoms with van der Waals surface area (Å²) in [5.74, 6) is 1.36. The molecule has 0 unspecified atom stereocenters. The van der Waals surface area contributed by atoms with E-state index in [4.69, 9.17) is 18.9 Å². The second-order valence-electron chi connectivity index (χ2n) is 7.16. The van der Waals surface area contributed by atoms with Crippen LogP contribution in [0, 0.1) is 0 Å². The minimum Gasteiger partial charge on any atom is -0.491 e. The second-order valence-corrected chi connectivity index (χ2v) is 7.16. The van der Waals surface area contributed by atoms with E-state index in [1.807, 2.05) is 0 Å². The van der Waals surface area contributed by atoms with E-state index in [0.29, 0.717) is 19.2 Å². The minimum atomic E-state index is 0.238. The molecule has 0 radical (unpaired) electrons. The van der Waals surface area contributed by atoms with E-state index in [9.17, 15) is 0 Å². The lowest BCUT2D eigenvalue weighted by Gasteiger charge is -2.17. The monoisotopic (exact) mass is 386 g/mol. The van der Waals surface area contributed by atoms with E-state index in [1.54, 1.807) is 0 Å². The number of hydrogen-bond donors (Lipinski definition) is 0. The Morgan fingerprint density at radius 2 is 1.11 bits per heavy atom. The number of hydrogen-bond acceptors (Lipinski definition) is 4. The van der Waals surface area contributed by atoms with Crippen LogP contribution in [0.5, 0.6) is 0 Å². The number of allylic oxidation sites excluding steroid dienone is 1. The standard InChI is InChI=1S/C23H46O4/c1-5-9-12-13-14-15-16-18-24-21-27-23(26-20-11-7-3)22(17-8-4)25-19-10-6-2/h5-21H2,1-4H3. The summed E-state index contributed by atoms with van der Waals surface area (Å²) < 4.78 is 23.3. The third kappa shape index (κ3) is 17.0. The molecular weight excluding hydrogens is 340 g/mol. The fourth-order valence-corrected chi connectivity index (χ4v) is 2.63. The van der Waals surface area contributed by atoms with Gasteiger partial charge in [0, 0.05) is 6.42 Å². The molecule has 0 aliphatic carbocycles. The Labute approximate surface area is 169 Å². The minimum absolute atomic E-state index is 0.238. The quantitative estimate of drug-likeness (QED) is 0.117. The summed E-state index contributed by atoms with van der Waals surface area (Å²) in [5.41, 5.74) is 0. The maximum atomic E-state index is 5.93. The highest BCUT2D eigenvalue weighted by Gasteiger charge is 2.12. The Kier molecular flexibility index (Phi) is 20.7. The van der Waals surface area contributed by atoms with Gasteiger partial charge in [0.2, 0.25) is 0 Å². The Morgan fingerprint density at radius 3 is 1.74 bits per heavy atom. The van der Waals surface area contributed by atoms with Gasteiger partial charge < -0.3 is 18.9 Å². The molecule has 0 amide bonds. The smallest absolute Gasteiger partial charge is 0.321 e. The van der Waals surface area contributed by atoms with E-state index < -0.39 is 0 Å². The third-order valence-electron chi connectivity index (χ3n) is 4.38. The lowest BCUT2D eigenvalue weighted by Crippen LogP contribution is -2.10. The SMILES string of the molecule is CCCCCCCCCOCOC(OCCCC)=C(CCC)OCCCC. The second kappa shape index (κ2) is 21.4. The zero-order valence-corrected chi connectivity index (χ0v) is 18.7. The van der Waals surface area contributed by atoms with Crippen molar-refractivity contribution in [2.45, 2.75) is 111 Å². The van der Waals surface area contributed by atoms with Gasteiger partial charge >= 0.3 is 5.95 Å². The summed E-state index contributed by atoms with van der Waals surface area (Å²) in [6.07, 6.45) is 15.1. The van der Waals surface area contributed by atoms with Crippen molar-refractivity contribution in [2.75, 3.05) is 26.6 Å². The maximum absolute atomic E-state index is 5.93. The molecule has 0 aromatic heterocycles. The van der Waals surface area contributed by atoms with Crippen molar-refractivity contribution in [2.24, 2.45) is 0 Å². The van der Waals surface area contributed by atoms with Crippen molar-refractivity contribution in [3.63, 3.8) is 0 Å². The van der Waals surface area contributed by atoms with Crippen LogP contribution in [0.1, 0.15) is 111 Å². The summed E-state index contributed by atoms with van der Waals surface area (Å²) in [5, 5.41) is 0. The van der Waals surface area contributed by atoms with Crippen molar-refractivity contribution in [3.8, 4) is 0 Å². The van der Waals surface area contributed by atoms with Crippen LogP contribution in [-0.2, 0) is 18.9 Å². The van der Waals surface area contributed by atoms with Crippen LogP contribution in [-0.4, -0.2) is 26.6 Å². The summed E-state index contributed by atoms with van der Waals surface area (Å²) >= 11 is 0. The van der Waals surface area contributed by atoms with Crippen LogP contribution in [0.25, 0.3) is 0 Å². The number of ether oxygens (including phenoxy) is 4. The molecule has 0 aliphatic rings. The van der Waals surface area contributed by atoms with E-state index in [2.05, 4.69) is 27.7 Å². The van der Waals surface area contributed by atoms with E-state index in [-0.39, 0.29) is 6.79 Å². The van der Waals surface area contributed by atoms with Gasteiger partial charge in [-0.3, -0.25) is 0 Å². The average molecular weight is 387 g/mol. The zero-order valence-electron chi connectivity index (χ0n) is 18.7. The lowest BCUT2D eigenvalue weighted by molar-refractivity contribution is -0.0844. The first-order valence-corrected chi connectivity index (χ1v) is 11.5. The summed E-state index contributed by atoms with van der Waals surface area (Å²) in [6.45, 7) is 11.1. The van der Waals surface area contributed by atoms with Gasteiger partial charge in [0.25, 0.3) is 0 Å². The van der Waals surface area contributed by atoms with E-state index in [0.717, 1.165) is 57.3 Å². The molecule has 0 saturated heterocycles. The zero-order chi connectivity index (χ0) is 20.0. The Hall–Kier alpha value is -0.900. The molecule has 0 aliphatic heterocycles. The van der Waals surface area contributed by atoms with E-state index >= 15 is 0 Å². The van der Waals surface area contributed by atoms with Crippen LogP contribution in [0.15, 0.2) is 11.7 Å². The molecule has 0 atom stereocenters. The third-order valence-corrected chi connectivity index (χ3v) is 4.38. The Balaban J connectivity index is 4.19. The Morgan fingerprint density at radius 1 is 0.519 bits per heavy atom. The lowest BCUT2D eigenvalue weighted by atomic mass is 10.1. The van der Waals surface area contributed by atoms with Gasteiger partial charge in [0.15, 0.2) is 12.6 Å². The summed E-state index contributed by atoms with van der Waals surface area (Å²) in [6, 6.07) is 0. The molecule has 0 N–H and O–H groups in total. The normalized spacial score (nSPS) is 12.0. The largest absolute Gasteiger partial charge is 0.491 e. The molecule has 0 fully saturated rings. The van der Waals surface area contributed by atoms with Gasteiger partial charge in [-0.25, -0.2) is 0 Å². The molecular formula is C23H46O4. The van der Waals surface area contributed by atoms with Crippen LogP contribution < -0.4 is 0 Å². The van der Waals surface area contributed by atoms with Crippen LogP contribution >= 0.6 is 0 Å². The highest BCUT2D eigenvalue weighted by atomic mass is 16.7. The van der Waals surface area contributed by atoms with Crippen molar-refractivity contribution in [1.82, 2.24) is 0 Å². The molecule has 27 heavy (non-hydrogen) atoms. The highest BCUT2D eigenvalue weighted by molar-refractivity contribution is 4.95. The summed E-state index contributed by atoms with van der Waals surface area (Å²) in [4.78, 5) is 0. The molecule has 0 saturated carbocycles. The molecule has 4 nitrogen and oxygen atoms in total. The van der Waals surface area contributed by atoms with Gasteiger partial charge in [-0.05, 0) is 25.7 Å². The van der Waals surface area contributed by atoms with Crippen molar-refractivity contribution < 1.29 is 18.9 Å². The predicted octanol–water partition coefficient (Wildman–Crippen LogP) is 7.33. The first kappa shape index (κ1) is 26.1. The van der Waals surface area contributed by atoms with Crippen LogP contribution in [0.3, 0.4) is 0 Å². The number of rotatable bonds is 21. The van der Waals surface area contributed by atoms with Gasteiger partial charge in [-0.15, -0.1) is 0 Å². The molecule has 0 aromatic rings. The molecule has 0 heterocycles. The van der Waals surface area contributed by atoms with Gasteiger partial charge in [-0.2, -0.15) is 0 Å². The first-order chi connectivity index (χ1) is 13.3. The Bertz CT molecular complexity index is 328. The topological polar surface area (TPSA) is 36.9 Å². The van der Waals surface area contributed by atoms with Crippen molar-refractivity contribution in [1.29, 1.82) is 0 Å². The first-order valence-electron chi connectivity index (χ1n) is 11.5. The molecule has 0 aromatic carbocycles. The predicted molar refractivity (Wildman–Crippen MR) is 114 cm³/mol. The maximum Gasteiger partial charge on any atom is 0.321 e. The van der Waals surface area contributed by atoms with Crippen LogP contribution in [0.2, 0.25) is 0 Å². The molecule has 0 spiro atoms. The molecule has 0 rings (SSSR count). The van der Waals surface area contributed by atoms with Crippen molar-refractivity contribution >= 4 is 0 Å². The van der Waals surface area contributed by atoms with Gasteiger partial charge in [0.1, 0.15) is 0 Å². The van der Waals surface area contributed by atoms with Gasteiger partial charge in [-0.1, -0.05) is 79.1 Å². The average Bonchev–Trinajstić information content (AvgIpc) is 2.67. The molecule has 162 valence electrons. The molecule has 4 heteroatoms.